The van der Waals surface area contributed by atoms with Gasteiger partial charge in [-0.05, 0) is 29.5 Å². The van der Waals surface area contributed by atoms with E-state index in [-0.39, 0.29) is 0 Å². The molecule has 0 bridgehead atoms. The predicted molar refractivity (Wildman–Crippen MR) is 57.6 cm³/mol. The molecule has 5 heteroatoms. The van der Waals surface area contributed by atoms with Gasteiger partial charge >= 0.3 is 0 Å². The van der Waals surface area contributed by atoms with Crippen LogP contribution in [-0.4, -0.2) is 33.8 Å². The van der Waals surface area contributed by atoms with Crippen LogP contribution < -0.4 is 4.90 Å². The molecule has 0 aliphatic carbocycles. The average Bonchev–Trinajstić information content (AvgIpc) is 2.01. The van der Waals surface area contributed by atoms with E-state index in [0.717, 1.165) is 9.39 Å². The molecule has 0 unspecified atom stereocenters. The zero-order chi connectivity index (χ0) is 9.47. The highest BCUT2D eigenvalue weighted by Crippen LogP contribution is 2.28. The maximum absolute atomic E-state index is 9.55. The fourth-order valence-electron chi connectivity index (χ4n) is 1.46. The molecular weight excluding hydrogens is 281 g/mol. The first-order chi connectivity index (χ1) is 6.08. The van der Waals surface area contributed by atoms with Crippen molar-refractivity contribution in [2.24, 2.45) is 0 Å². The van der Waals surface area contributed by atoms with Crippen molar-refractivity contribution in [3.63, 3.8) is 0 Å². The van der Waals surface area contributed by atoms with Crippen molar-refractivity contribution in [1.82, 2.24) is 9.97 Å². The van der Waals surface area contributed by atoms with Crippen LogP contribution in [0.2, 0.25) is 0 Å². The second kappa shape index (κ2) is 3.06. The molecule has 0 amide bonds. The summed E-state index contributed by atoms with van der Waals surface area (Å²) in [7, 11) is 0. The van der Waals surface area contributed by atoms with Gasteiger partial charge in [-0.15, -0.1) is 0 Å². The van der Waals surface area contributed by atoms with Crippen molar-refractivity contribution < 1.29 is 5.11 Å². The van der Waals surface area contributed by atoms with E-state index in [1.807, 2.05) is 11.8 Å². The SMILES string of the molecule is CC1(O)CN(c2ncncc2I)C1. The summed E-state index contributed by atoms with van der Waals surface area (Å²) in [6, 6.07) is 0. The van der Waals surface area contributed by atoms with Gasteiger partial charge in [-0.25, -0.2) is 9.97 Å². The monoisotopic (exact) mass is 291 g/mol. The molecule has 0 saturated carbocycles. The number of aromatic nitrogens is 2. The molecule has 4 nitrogen and oxygen atoms in total. The summed E-state index contributed by atoms with van der Waals surface area (Å²) in [6.07, 6.45) is 3.31. The molecular formula is C8H10IN3O. The molecule has 0 radical (unpaired) electrons. The van der Waals surface area contributed by atoms with Gasteiger partial charge in [-0.3, -0.25) is 0 Å². The number of rotatable bonds is 1. The molecule has 2 heterocycles. The standard InChI is InChI=1S/C8H10IN3O/c1-8(13)3-12(4-8)7-6(9)2-10-5-11-7/h2,5,13H,3-4H2,1H3. The van der Waals surface area contributed by atoms with Crippen LogP contribution in [0.25, 0.3) is 0 Å². The molecule has 1 saturated heterocycles. The first-order valence-corrected chi connectivity index (χ1v) is 5.09. The van der Waals surface area contributed by atoms with E-state index in [2.05, 4.69) is 32.6 Å². The highest BCUT2D eigenvalue weighted by atomic mass is 127. The quantitative estimate of drug-likeness (QED) is 0.772. The van der Waals surface area contributed by atoms with Crippen molar-refractivity contribution >= 4 is 28.4 Å². The third-order valence-corrected chi connectivity index (χ3v) is 2.77. The fraction of sp³-hybridized carbons (Fsp3) is 0.500. The zero-order valence-electron chi connectivity index (χ0n) is 7.24. The molecule has 2 rings (SSSR count). The van der Waals surface area contributed by atoms with Crippen LogP contribution in [0.5, 0.6) is 0 Å². The minimum absolute atomic E-state index is 0.548. The van der Waals surface area contributed by atoms with Gasteiger partial charge in [0.1, 0.15) is 12.1 Å². The van der Waals surface area contributed by atoms with Crippen LogP contribution in [0.1, 0.15) is 6.92 Å². The van der Waals surface area contributed by atoms with Gasteiger partial charge in [0, 0.05) is 19.3 Å². The number of anilines is 1. The lowest BCUT2D eigenvalue weighted by molar-refractivity contribution is 0.0304. The van der Waals surface area contributed by atoms with Crippen LogP contribution in [0, 0.1) is 3.57 Å². The van der Waals surface area contributed by atoms with Crippen molar-refractivity contribution in [3.05, 3.63) is 16.1 Å². The number of β-amino-alcohol motifs (C(OH)–C–C–N with tert-alkyl or cyclic N) is 1. The van der Waals surface area contributed by atoms with Gasteiger partial charge < -0.3 is 10.0 Å². The summed E-state index contributed by atoms with van der Waals surface area (Å²) in [5, 5.41) is 9.55. The smallest absolute Gasteiger partial charge is 0.145 e. The van der Waals surface area contributed by atoms with Crippen molar-refractivity contribution in [2.45, 2.75) is 12.5 Å². The predicted octanol–water partition coefficient (Wildman–Crippen LogP) is 0.652. The van der Waals surface area contributed by atoms with Gasteiger partial charge in [-0.2, -0.15) is 0 Å². The number of aliphatic hydroxyl groups is 1. The van der Waals surface area contributed by atoms with E-state index in [1.54, 1.807) is 6.20 Å². The number of hydrogen-bond donors (Lipinski definition) is 1. The maximum Gasteiger partial charge on any atom is 0.145 e. The minimum Gasteiger partial charge on any atom is -0.386 e. The van der Waals surface area contributed by atoms with Crippen LogP contribution >= 0.6 is 22.6 Å². The van der Waals surface area contributed by atoms with Crippen LogP contribution in [0.4, 0.5) is 5.82 Å². The van der Waals surface area contributed by atoms with E-state index in [9.17, 15) is 5.11 Å². The van der Waals surface area contributed by atoms with E-state index >= 15 is 0 Å². The summed E-state index contributed by atoms with van der Waals surface area (Å²) in [5.41, 5.74) is -0.548. The number of halogens is 1. The lowest BCUT2D eigenvalue weighted by atomic mass is 9.97. The molecule has 13 heavy (non-hydrogen) atoms. The highest BCUT2D eigenvalue weighted by Gasteiger charge is 2.37. The molecule has 0 aromatic carbocycles. The largest absolute Gasteiger partial charge is 0.386 e. The lowest BCUT2D eigenvalue weighted by Crippen LogP contribution is -2.60. The second-order valence-corrected chi connectivity index (χ2v) is 4.71. The normalized spacial score (nSPS) is 19.8. The molecule has 1 aliphatic rings. The Morgan fingerprint density at radius 2 is 2.31 bits per heavy atom. The summed E-state index contributed by atoms with van der Waals surface area (Å²) in [4.78, 5) is 10.1. The third kappa shape index (κ3) is 1.76. The van der Waals surface area contributed by atoms with Crippen LogP contribution in [-0.2, 0) is 0 Å². The Kier molecular flexibility index (Phi) is 2.15. The molecule has 0 atom stereocenters. The molecule has 1 aromatic rings. The van der Waals surface area contributed by atoms with Gasteiger partial charge in [-0.1, -0.05) is 0 Å². The van der Waals surface area contributed by atoms with E-state index < -0.39 is 5.60 Å². The molecule has 1 aromatic heterocycles. The number of hydrogen-bond acceptors (Lipinski definition) is 4. The lowest BCUT2D eigenvalue weighted by Gasteiger charge is -2.45. The second-order valence-electron chi connectivity index (χ2n) is 3.55. The summed E-state index contributed by atoms with van der Waals surface area (Å²) < 4.78 is 1.02. The van der Waals surface area contributed by atoms with Gasteiger partial charge in [0.05, 0.1) is 9.17 Å². The summed E-state index contributed by atoms with van der Waals surface area (Å²) in [6.45, 7) is 3.14. The highest BCUT2D eigenvalue weighted by molar-refractivity contribution is 14.1. The molecule has 1 N–H and O–H groups in total. The molecule has 70 valence electrons. The zero-order valence-corrected chi connectivity index (χ0v) is 9.39. The minimum atomic E-state index is -0.548. The molecule has 0 spiro atoms. The Hall–Kier alpha value is -0.430. The Morgan fingerprint density at radius 1 is 1.62 bits per heavy atom. The first kappa shape index (κ1) is 9.14. The van der Waals surface area contributed by atoms with Crippen LogP contribution in [0.15, 0.2) is 12.5 Å². The summed E-state index contributed by atoms with van der Waals surface area (Å²) in [5.74, 6) is 0.919. The molecule has 1 aliphatic heterocycles. The first-order valence-electron chi connectivity index (χ1n) is 4.01. The van der Waals surface area contributed by atoms with Crippen molar-refractivity contribution in [3.8, 4) is 0 Å². The Bertz CT molecular complexity index is 321. The van der Waals surface area contributed by atoms with E-state index in [4.69, 9.17) is 0 Å². The fourth-order valence-corrected chi connectivity index (χ4v) is 2.11. The van der Waals surface area contributed by atoms with Crippen molar-refractivity contribution in [1.29, 1.82) is 0 Å². The Balaban J connectivity index is 2.16. The van der Waals surface area contributed by atoms with Gasteiger partial charge in [0.2, 0.25) is 0 Å². The van der Waals surface area contributed by atoms with Crippen molar-refractivity contribution in [2.75, 3.05) is 18.0 Å². The topological polar surface area (TPSA) is 49.2 Å². The maximum atomic E-state index is 9.55. The van der Waals surface area contributed by atoms with E-state index in [0.29, 0.717) is 13.1 Å². The Labute approximate surface area is 90.1 Å². The van der Waals surface area contributed by atoms with E-state index in [1.165, 1.54) is 6.33 Å². The summed E-state index contributed by atoms with van der Waals surface area (Å²) >= 11 is 2.20. The average molecular weight is 291 g/mol. The van der Waals surface area contributed by atoms with Gasteiger partial charge in [0.15, 0.2) is 0 Å². The number of nitrogens with zero attached hydrogens (tertiary/aromatic N) is 3. The van der Waals surface area contributed by atoms with Crippen LogP contribution in [0.3, 0.4) is 0 Å². The van der Waals surface area contributed by atoms with Gasteiger partial charge in [0.25, 0.3) is 0 Å². The third-order valence-electron chi connectivity index (χ3n) is 2.01. The molecule has 1 fully saturated rings. The Morgan fingerprint density at radius 3 is 2.85 bits per heavy atom.